The van der Waals surface area contributed by atoms with E-state index in [1.54, 1.807) is 0 Å². The van der Waals surface area contributed by atoms with Crippen molar-refractivity contribution >= 4 is 0 Å². The Kier molecular flexibility index (Phi) is 4.74. The summed E-state index contributed by atoms with van der Waals surface area (Å²) in [4.78, 5) is 2.54. The minimum absolute atomic E-state index is 0.658. The van der Waals surface area contributed by atoms with Crippen molar-refractivity contribution in [3.63, 3.8) is 0 Å². The molecule has 2 atom stereocenters. The molecule has 1 fully saturated rings. The molecule has 1 rings (SSSR count). The van der Waals surface area contributed by atoms with Gasteiger partial charge in [0, 0.05) is 12.1 Å². The average Bonchev–Trinajstić information content (AvgIpc) is 2.32. The number of hydrogen-bond donors (Lipinski definition) is 1. The molecular formula is C11H24N2. The van der Waals surface area contributed by atoms with E-state index in [0.717, 1.165) is 6.04 Å². The summed E-state index contributed by atoms with van der Waals surface area (Å²) in [6, 6.07) is 1.47. The third kappa shape index (κ3) is 3.65. The Morgan fingerprint density at radius 3 is 2.85 bits per heavy atom. The van der Waals surface area contributed by atoms with E-state index in [4.69, 9.17) is 0 Å². The van der Waals surface area contributed by atoms with Crippen LogP contribution in [0.25, 0.3) is 0 Å². The molecule has 1 heterocycles. The second kappa shape index (κ2) is 5.61. The lowest BCUT2D eigenvalue weighted by Crippen LogP contribution is -2.36. The molecule has 1 aliphatic rings. The Morgan fingerprint density at radius 1 is 1.38 bits per heavy atom. The maximum atomic E-state index is 3.33. The van der Waals surface area contributed by atoms with Gasteiger partial charge in [-0.15, -0.1) is 0 Å². The fourth-order valence-electron chi connectivity index (χ4n) is 2.14. The highest BCUT2D eigenvalue weighted by atomic mass is 15.1. The molecule has 1 aliphatic heterocycles. The molecule has 0 bridgehead atoms. The second-order valence-corrected chi connectivity index (χ2v) is 4.41. The number of nitrogens with zero attached hydrogens (tertiary/aromatic N) is 1. The molecule has 13 heavy (non-hydrogen) atoms. The Morgan fingerprint density at radius 2 is 2.15 bits per heavy atom. The van der Waals surface area contributed by atoms with E-state index in [-0.39, 0.29) is 0 Å². The first-order valence-electron chi connectivity index (χ1n) is 5.61. The van der Waals surface area contributed by atoms with Crippen LogP contribution in [0.1, 0.15) is 39.0 Å². The van der Waals surface area contributed by atoms with Crippen LogP contribution in [-0.2, 0) is 0 Å². The maximum Gasteiger partial charge on any atom is 0.0107 e. The molecule has 1 saturated heterocycles. The van der Waals surface area contributed by atoms with Crippen LogP contribution in [-0.4, -0.2) is 37.6 Å². The predicted molar refractivity (Wildman–Crippen MR) is 58.0 cm³/mol. The number of nitrogens with one attached hydrogen (secondary N) is 1. The highest BCUT2D eigenvalue weighted by molar-refractivity contribution is 4.76. The molecular weight excluding hydrogens is 160 g/mol. The minimum Gasteiger partial charge on any atom is -0.317 e. The zero-order valence-electron chi connectivity index (χ0n) is 9.34. The zero-order chi connectivity index (χ0) is 9.68. The van der Waals surface area contributed by atoms with E-state index < -0.39 is 0 Å². The number of hydrogen-bond acceptors (Lipinski definition) is 2. The van der Waals surface area contributed by atoms with Gasteiger partial charge in [0.25, 0.3) is 0 Å². The second-order valence-electron chi connectivity index (χ2n) is 4.41. The summed E-state index contributed by atoms with van der Waals surface area (Å²) in [5.74, 6) is 0. The third-order valence-corrected chi connectivity index (χ3v) is 3.29. The van der Waals surface area contributed by atoms with Crippen LogP contribution >= 0.6 is 0 Å². The average molecular weight is 184 g/mol. The molecule has 1 N–H and O–H groups in total. The Hall–Kier alpha value is -0.0800. The largest absolute Gasteiger partial charge is 0.317 e. The topological polar surface area (TPSA) is 15.3 Å². The molecule has 0 aromatic carbocycles. The lowest BCUT2D eigenvalue weighted by Gasteiger charge is -2.28. The fourth-order valence-corrected chi connectivity index (χ4v) is 2.14. The quantitative estimate of drug-likeness (QED) is 0.720. The molecule has 2 unspecified atom stereocenters. The van der Waals surface area contributed by atoms with Crippen molar-refractivity contribution in [1.29, 1.82) is 0 Å². The highest BCUT2D eigenvalue weighted by Gasteiger charge is 2.18. The predicted octanol–water partition coefficient (Wildman–Crippen LogP) is 1.86. The Bertz CT molecular complexity index is 136. The zero-order valence-corrected chi connectivity index (χ0v) is 9.34. The van der Waals surface area contributed by atoms with E-state index in [1.807, 2.05) is 0 Å². The summed E-state index contributed by atoms with van der Waals surface area (Å²) in [6.07, 6.45) is 6.93. The minimum atomic E-state index is 0.658. The van der Waals surface area contributed by atoms with E-state index in [9.17, 15) is 0 Å². The van der Waals surface area contributed by atoms with Gasteiger partial charge in [-0.25, -0.2) is 0 Å². The molecule has 78 valence electrons. The third-order valence-electron chi connectivity index (χ3n) is 3.29. The van der Waals surface area contributed by atoms with Gasteiger partial charge >= 0.3 is 0 Å². The molecule has 0 aromatic rings. The van der Waals surface area contributed by atoms with Gasteiger partial charge in [-0.3, -0.25) is 0 Å². The summed E-state index contributed by atoms with van der Waals surface area (Å²) in [6.45, 7) is 3.57. The van der Waals surface area contributed by atoms with Crippen LogP contribution in [0.2, 0.25) is 0 Å². The molecule has 0 aromatic heterocycles. The van der Waals surface area contributed by atoms with Crippen molar-refractivity contribution in [2.45, 2.75) is 51.1 Å². The molecule has 0 spiro atoms. The van der Waals surface area contributed by atoms with E-state index in [0.29, 0.717) is 6.04 Å². The first kappa shape index (κ1) is 11.0. The van der Waals surface area contributed by atoms with Crippen molar-refractivity contribution in [3.8, 4) is 0 Å². The number of rotatable bonds is 3. The summed E-state index contributed by atoms with van der Waals surface area (Å²) in [5, 5.41) is 3.33. The van der Waals surface area contributed by atoms with Gasteiger partial charge in [0.1, 0.15) is 0 Å². The monoisotopic (exact) mass is 184 g/mol. The van der Waals surface area contributed by atoms with E-state index in [1.165, 1.54) is 38.6 Å². The molecule has 0 saturated carbocycles. The molecule has 2 heteroatoms. The van der Waals surface area contributed by atoms with Gasteiger partial charge in [-0.2, -0.15) is 0 Å². The summed E-state index contributed by atoms with van der Waals surface area (Å²) < 4.78 is 0. The first-order chi connectivity index (χ1) is 6.24. The van der Waals surface area contributed by atoms with Gasteiger partial charge in [-0.1, -0.05) is 12.8 Å². The van der Waals surface area contributed by atoms with Crippen LogP contribution in [0.15, 0.2) is 0 Å². The number of likely N-dealkylation sites (tertiary alicyclic amines) is 1. The van der Waals surface area contributed by atoms with Gasteiger partial charge in [0.2, 0.25) is 0 Å². The Labute approximate surface area is 82.7 Å². The van der Waals surface area contributed by atoms with E-state index in [2.05, 4.69) is 31.2 Å². The summed E-state index contributed by atoms with van der Waals surface area (Å²) in [7, 11) is 4.33. The maximum absolute atomic E-state index is 3.33. The van der Waals surface area contributed by atoms with Gasteiger partial charge in [0.05, 0.1) is 0 Å². The van der Waals surface area contributed by atoms with Crippen molar-refractivity contribution < 1.29 is 0 Å². The molecule has 0 amide bonds. The van der Waals surface area contributed by atoms with Crippen molar-refractivity contribution in [2.75, 3.05) is 20.6 Å². The van der Waals surface area contributed by atoms with Crippen LogP contribution < -0.4 is 5.32 Å². The summed E-state index contributed by atoms with van der Waals surface area (Å²) in [5.41, 5.74) is 0. The normalized spacial score (nSPS) is 28.4. The molecule has 0 aliphatic carbocycles. The van der Waals surface area contributed by atoms with Crippen LogP contribution in [0.4, 0.5) is 0 Å². The van der Waals surface area contributed by atoms with Gasteiger partial charge in [0.15, 0.2) is 0 Å². The SMILES string of the molecule is CNC(C)CC1CCCCCN1C. The van der Waals surface area contributed by atoms with Crippen molar-refractivity contribution in [3.05, 3.63) is 0 Å². The van der Waals surface area contributed by atoms with Crippen LogP contribution in [0, 0.1) is 0 Å². The Balaban J connectivity index is 2.35. The smallest absolute Gasteiger partial charge is 0.0107 e. The lowest BCUT2D eigenvalue weighted by atomic mass is 10.0. The highest BCUT2D eigenvalue weighted by Crippen LogP contribution is 2.18. The fraction of sp³-hybridized carbons (Fsp3) is 1.00. The summed E-state index contributed by atoms with van der Waals surface area (Å²) >= 11 is 0. The van der Waals surface area contributed by atoms with Crippen molar-refractivity contribution in [2.24, 2.45) is 0 Å². The standard InChI is InChI=1S/C11H24N2/c1-10(12-2)9-11-7-5-4-6-8-13(11)3/h10-12H,4-9H2,1-3H3. The lowest BCUT2D eigenvalue weighted by molar-refractivity contribution is 0.221. The van der Waals surface area contributed by atoms with Crippen molar-refractivity contribution in [1.82, 2.24) is 10.2 Å². The van der Waals surface area contributed by atoms with Crippen LogP contribution in [0.5, 0.6) is 0 Å². The first-order valence-corrected chi connectivity index (χ1v) is 5.61. The molecule has 0 radical (unpaired) electrons. The van der Waals surface area contributed by atoms with Gasteiger partial charge in [-0.05, 0) is 46.8 Å². The van der Waals surface area contributed by atoms with Crippen LogP contribution in [0.3, 0.4) is 0 Å². The molecule has 2 nitrogen and oxygen atoms in total. The van der Waals surface area contributed by atoms with Gasteiger partial charge < -0.3 is 10.2 Å². The van der Waals surface area contributed by atoms with E-state index >= 15 is 0 Å².